The maximum absolute atomic E-state index is 12.8. The van der Waals surface area contributed by atoms with Crippen molar-refractivity contribution >= 4 is 23.9 Å². The highest BCUT2D eigenvalue weighted by Crippen LogP contribution is 2.64. The van der Waals surface area contributed by atoms with Crippen molar-refractivity contribution < 1.29 is 58.9 Å². The lowest BCUT2D eigenvalue weighted by molar-refractivity contribution is -0.174. The van der Waals surface area contributed by atoms with Gasteiger partial charge in [0, 0.05) is 23.6 Å². The van der Waals surface area contributed by atoms with Gasteiger partial charge in [0.15, 0.2) is 12.2 Å². The lowest BCUT2D eigenvalue weighted by atomic mass is 9.52. The second kappa shape index (κ2) is 10.1. The van der Waals surface area contributed by atoms with Gasteiger partial charge in [0.25, 0.3) is 0 Å². The molecular formula is C27H31NO12. The monoisotopic (exact) mass is 561 g/mol. The molecule has 5 N–H and O–H groups in total. The Hall–Kier alpha value is -3.52. The van der Waals surface area contributed by atoms with Gasteiger partial charge in [-0.15, -0.1) is 0 Å². The van der Waals surface area contributed by atoms with Gasteiger partial charge in [-0.05, 0) is 44.5 Å². The van der Waals surface area contributed by atoms with E-state index in [1.165, 1.54) is 0 Å². The largest absolute Gasteiger partial charge is 0.481 e. The lowest BCUT2D eigenvalue weighted by Gasteiger charge is -2.56. The molecule has 4 aliphatic rings. The average molecular weight is 562 g/mol. The summed E-state index contributed by atoms with van der Waals surface area (Å²) >= 11 is 0. The van der Waals surface area contributed by atoms with Crippen molar-refractivity contribution in [2.24, 2.45) is 0 Å². The Bertz CT molecular complexity index is 1290. The number of esters is 2. The van der Waals surface area contributed by atoms with Crippen LogP contribution in [0.15, 0.2) is 24.0 Å². The standard InChI is InChI=1S/C27H31NO12/c1-28-8-2-6-26-21-13-3-4-14(12-29)22(21)40-23(26)16(5-7-27(26,37)18(28)9-13)38-20(33)10-15(30)25(36)39-17(24(34)35)11-19(31)32/h3-5,15,17-18,23,29-30,37H,2,6-12H2,1H3,(H,31,32)(H,34,35)/t15-,17-,18+,23-,26-,27+/m0/s1. The third kappa shape index (κ3) is 4.24. The van der Waals surface area contributed by atoms with Crippen LogP contribution in [0.3, 0.4) is 0 Å². The Kier molecular flexibility index (Phi) is 7.11. The van der Waals surface area contributed by atoms with Gasteiger partial charge in [0.05, 0.1) is 30.5 Å². The molecule has 2 aliphatic carbocycles. The van der Waals surface area contributed by atoms with E-state index in [2.05, 4.69) is 9.64 Å². The summed E-state index contributed by atoms with van der Waals surface area (Å²) in [4.78, 5) is 49.1. The summed E-state index contributed by atoms with van der Waals surface area (Å²) in [6.07, 6.45) is -3.44. The fourth-order valence-corrected chi connectivity index (χ4v) is 6.86. The van der Waals surface area contributed by atoms with E-state index >= 15 is 0 Å². The van der Waals surface area contributed by atoms with Gasteiger partial charge >= 0.3 is 23.9 Å². The zero-order valence-corrected chi connectivity index (χ0v) is 21.7. The van der Waals surface area contributed by atoms with Crippen LogP contribution >= 0.6 is 0 Å². The molecule has 1 spiro atoms. The number of carboxylic acid groups (broad SMARTS) is 2. The Balaban J connectivity index is 1.40. The number of aliphatic hydroxyl groups is 3. The van der Waals surface area contributed by atoms with E-state index in [0.717, 1.165) is 24.1 Å². The summed E-state index contributed by atoms with van der Waals surface area (Å²) in [6.45, 7) is 0.444. The van der Waals surface area contributed by atoms with Gasteiger partial charge in [-0.3, -0.25) is 9.59 Å². The maximum Gasteiger partial charge on any atom is 0.345 e. The number of ether oxygens (including phenoxy) is 3. The SMILES string of the molecule is CN1CCC[C@]23c4c5ccc(CO)c4O[C@H]2C(OC(=O)C[C@H](O)C(=O)O[C@@H](CC(=O)O)C(=O)O)=CC[C@@]3(O)[C@H]1C5. The molecule has 2 aliphatic heterocycles. The number of likely N-dealkylation sites (N-methyl/N-ethyl adjacent to an activating group) is 1. The Morgan fingerprint density at radius 2 is 1.95 bits per heavy atom. The van der Waals surface area contributed by atoms with E-state index in [9.17, 15) is 34.5 Å². The summed E-state index contributed by atoms with van der Waals surface area (Å²) < 4.78 is 16.5. The van der Waals surface area contributed by atoms with Gasteiger partial charge in [0.2, 0.25) is 6.10 Å². The van der Waals surface area contributed by atoms with E-state index in [-0.39, 0.29) is 24.8 Å². The van der Waals surface area contributed by atoms with Crippen LogP contribution in [0.5, 0.6) is 5.75 Å². The van der Waals surface area contributed by atoms with Crippen molar-refractivity contribution in [3.63, 3.8) is 0 Å². The number of rotatable bonds is 9. The number of carbonyl (C=O) groups excluding carboxylic acids is 2. The molecule has 0 saturated carbocycles. The number of nitrogens with zero attached hydrogens (tertiary/aromatic N) is 1. The molecule has 0 unspecified atom stereocenters. The highest BCUT2D eigenvalue weighted by atomic mass is 16.6. The van der Waals surface area contributed by atoms with Crippen LogP contribution < -0.4 is 4.74 Å². The molecule has 5 rings (SSSR count). The number of aliphatic carboxylic acids is 2. The van der Waals surface area contributed by atoms with E-state index in [1.54, 1.807) is 12.1 Å². The first-order chi connectivity index (χ1) is 18.9. The van der Waals surface area contributed by atoms with Crippen LogP contribution in [0.1, 0.15) is 48.8 Å². The number of carboxylic acids is 2. The van der Waals surface area contributed by atoms with Gasteiger partial charge in [0.1, 0.15) is 11.5 Å². The summed E-state index contributed by atoms with van der Waals surface area (Å²) in [5, 5.41) is 50.4. The number of hydrogen-bond donors (Lipinski definition) is 5. The van der Waals surface area contributed by atoms with E-state index in [0.29, 0.717) is 24.2 Å². The van der Waals surface area contributed by atoms with Crippen LogP contribution in [0.2, 0.25) is 0 Å². The quantitative estimate of drug-likeness (QED) is 0.244. The van der Waals surface area contributed by atoms with Crippen molar-refractivity contribution in [1.82, 2.24) is 4.90 Å². The summed E-state index contributed by atoms with van der Waals surface area (Å²) in [5.74, 6) is -5.22. The van der Waals surface area contributed by atoms with Gasteiger partial charge in [-0.25, -0.2) is 9.59 Å². The molecule has 1 aromatic carbocycles. The van der Waals surface area contributed by atoms with Crippen LogP contribution in [0.25, 0.3) is 0 Å². The molecule has 13 heteroatoms. The minimum absolute atomic E-state index is 0.0979. The van der Waals surface area contributed by atoms with Crippen molar-refractivity contribution in [3.8, 4) is 5.75 Å². The number of hydrogen-bond acceptors (Lipinski definition) is 11. The Morgan fingerprint density at radius 1 is 1.20 bits per heavy atom. The van der Waals surface area contributed by atoms with Crippen LogP contribution in [0, 0.1) is 0 Å². The molecular weight excluding hydrogens is 530 g/mol. The molecule has 0 radical (unpaired) electrons. The van der Waals surface area contributed by atoms with Gasteiger partial charge < -0.3 is 44.6 Å². The second-order valence-corrected chi connectivity index (χ2v) is 10.8. The van der Waals surface area contributed by atoms with E-state index < -0.39 is 66.0 Å². The minimum atomic E-state index is -2.11. The van der Waals surface area contributed by atoms with E-state index in [4.69, 9.17) is 19.7 Å². The molecule has 40 heavy (non-hydrogen) atoms. The molecule has 1 saturated heterocycles. The first-order valence-corrected chi connectivity index (χ1v) is 13.0. The smallest absolute Gasteiger partial charge is 0.345 e. The first kappa shape index (κ1) is 28.0. The van der Waals surface area contributed by atoms with Crippen molar-refractivity contribution in [2.45, 2.75) is 80.5 Å². The predicted molar refractivity (Wildman–Crippen MR) is 132 cm³/mol. The molecule has 0 aromatic heterocycles. The second-order valence-electron chi connectivity index (χ2n) is 10.8. The summed E-state index contributed by atoms with van der Waals surface area (Å²) in [6, 6.07) is 3.48. The van der Waals surface area contributed by atoms with Crippen molar-refractivity contribution in [3.05, 3.63) is 40.7 Å². The zero-order chi connectivity index (χ0) is 29.0. The molecule has 13 nitrogen and oxygen atoms in total. The van der Waals surface area contributed by atoms with Crippen LogP contribution in [-0.2, 0) is 47.1 Å². The third-order valence-corrected chi connectivity index (χ3v) is 8.61. The number of benzene rings is 1. The first-order valence-electron chi connectivity index (χ1n) is 13.0. The molecule has 2 bridgehead atoms. The maximum atomic E-state index is 12.8. The molecule has 0 amide bonds. The number of carbonyl (C=O) groups is 4. The molecule has 216 valence electrons. The average Bonchev–Trinajstić information content (AvgIpc) is 3.23. The van der Waals surface area contributed by atoms with Gasteiger partial charge in [-0.2, -0.15) is 0 Å². The van der Waals surface area contributed by atoms with Gasteiger partial charge in [-0.1, -0.05) is 12.1 Å². The summed E-state index contributed by atoms with van der Waals surface area (Å²) in [7, 11) is 1.96. The molecule has 1 fully saturated rings. The molecule has 6 atom stereocenters. The highest BCUT2D eigenvalue weighted by molar-refractivity contribution is 5.86. The summed E-state index contributed by atoms with van der Waals surface area (Å²) in [5.41, 5.74) is 0.105. The zero-order valence-electron chi connectivity index (χ0n) is 21.7. The van der Waals surface area contributed by atoms with Crippen LogP contribution in [0.4, 0.5) is 0 Å². The fourth-order valence-electron chi connectivity index (χ4n) is 6.86. The third-order valence-electron chi connectivity index (χ3n) is 8.61. The molecule has 2 heterocycles. The number of likely N-dealkylation sites (tertiary alicyclic amines) is 1. The Labute approximate surface area is 228 Å². The fraction of sp³-hybridized carbons (Fsp3) is 0.556. The van der Waals surface area contributed by atoms with E-state index in [1.807, 2.05) is 13.1 Å². The molecule has 1 aromatic rings. The Morgan fingerprint density at radius 3 is 2.62 bits per heavy atom. The number of aliphatic hydroxyl groups excluding tert-OH is 2. The minimum Gasteiger partial charge on any atom is -0.481 e. The topological polar surface area (TPSA) is 200 Å². The normalized spacial score (nSPS) is 29.6. The predicted octanol–water partition coefficient (Wildman–Crippen LogP) is -0.388. The van der Waals surface area contributed by atoms with Crippen molar-refractivity contribution in [1.29, 1.82) is 0 Å². The lowest BCUT2D eigenvalue weighted by Crippen LogP contribution is -2.69. The van der Waals surface area contributed by atoms with Crippen LogP contribution in [-0.4, -0.2) is 97.9 Å². The van der Waals surface area contributed by atoms with Crippen molar-refractivity contribution in [2.75, 3.05) is 13.6 Å². The highest BCUT2D eigenvalue weighted by Gasteiger charge is 2.70.